The molecular weight excluding hydrogens is 1310 g/mol. The highest BCUT2D eigenvalue weighted by atomic mass is 32.1. The number of Topliss-reactive ketones (excluding diaryl/α,β-unsaturated/α-hetero) is 2. The Morgan fingerprint density at radius 2 is 0.936 bits per heavy atom. The number of carbonyl (C=O) groups is 2. The van der Waals surface area contributed by atoms with Crippen molar-refractivity contribution in [3.63, 3.8) is 0 Å². The SMILES string of the molecule is [C-]#[N+]/C(C#N)=C1\C(=C\c2cc(OC)c(-c3cc4c(s3)-c3sc(-c5c6c(c(-c7cc8c(s7)-c7sc(-c9sc(/C=C%10\C(=O)c%11cc(C#N)c([N+]#[C-])cc%11\C%10=C(\C#N)[N+]#[C-])cc9OC)cc7C8(C)C)c7nn(CC)nc57)N=S=N6)cc3C4(C)C)s2)C(=O)c2cc(C#N)c(C#N)cc21. The Morgan fingerprint density at radius 3 is 1.32 bits per heavy atom. The van der Waals surface area contributed by atoms with E-state index in [0.717, 1.165) is 93.8 Å². The van der Waals surface area contributed by atoms with Crippen LogP contribution in [0.1, 0.15) is 115 Å². The average molecular weight is 1350 g/mol. The van der Waals surface area contributed by atoms with Crippen LogP contribution in [0.3, 0.4) is 0 Å². The monoisotopic (exact) mass is 1350 g/mol. The number of hydrogen-bond acceptors (Lipinski definition) is 19. The topological polar surface area (TPSA) is 240 Å². The minimum absolute atomic E-state index is 0.0229. The van der Waals surface area contributed by atoms with Gasteiger partial charge in [0.25, 0.3) is 11.4 Å². The second kappa shape index (κ2) is 21.5. The number of hydrogen-bond donors (Lipinski definition) is 0. The van der Waals surface area contributed by atoms with Gasteiger partial charge in [-0.25, -0.2) is 25.1 Å². The Hall–Kier alpha value is -11.1. The summed E-state index contributed by atoms with van der Waals surface area (Å²) in [5.41, 5.74) is 9.23. The van der Waals surface area contributed by atoms with Crippen molar-refractivity contribution in [2.75, 3.05) is 14.2 Å². The van der Waals surface area contributed by atoms with Gasteiger partial charge in [0.1, 0.15) is 46.0 Å². The van der Waals surface area contributed by atoms with Crippen molar-refractivity contribution in [2.24, 2.45) is 8.73 Å². The number of thiophene rings is 6. The Balaban J connectivity index is 0.781. The molecule has 0 unspecified atom stereocenters. The van der Waals surface area contributed by atoms with E-state index in [4.69, 9.17) is 48.1 Å². The molecule has 24 heteroatoms. The maximum absolute atomic E-state index is 14.1. The number of fused-ring (bicyclic) bond motifs is 10. The highest BCUT2D eigenvalue weighted by Crippen LogP contribution is 2.64. The van der Waals surface area contributed by atoms with Crippen molar-refractivity contribution in [2.45, 2.75) is 52.0 Å². The predicted molar refractivity (Wildman–Crippen MR) is 368 cm³/mol. The summed E-state index contributed by atoms with van der Waals surface area (Å²) >= 11 is 10.6. The number of nitriles is 5. The number of carbonyl (C=O) groups excluding carboxylic acids is 2. The van der Waals surface area contributed by atoms with Crippen molar-refractivity contribution < 1.29 is 19.1 Å². The molecule has 7 aromatic heterocycles. The van der Waals surface area contributed by atoms with Gasteiger partial charge in [-0.1, -0.05) is 27.7 Å². The Morgan fingerprint density at radius 1 is 0.543 bits per heavy atom. The first-order valence-electron chi connectivity index (χ1n) is 28.4. The zero-order valence-corrected chi connectivity index (χ0v) is 55.7. The lowest BCUT2D eigenvalue weighted by atomic mass is 9.83. The summed E-state index contributed by atoms with van der Waals surface area (Å²) in [5.74, 6) is 0.245. The quantitative estimate of drug-likeness (QED) is 0.0747. The van der Waals surface area contributed by atoms with E-state index in [0.29, 0.717) is 38.8 Å². The fourth-order valence-corrected chi connectivity index (χ4v) is 21.6. The number of benzene rings is 3. The maximum atomic E-state index is 14.1. The van der Waals surface area contributed by atoms with Crippen LogP contribution in [-0.4, -0.2) is 40.8 Å². The van der Waals surface area contributed by atoms with Gasteiger partial charge in [-0.15, -0.1) is 68.0 Å². The maximum Gasteiger partial charge on any atom is 0.270 e. The minimum atomic E-state index is -0.461. The van der Waals surface area contributed by atoms with E-state index < -0.39 is 22.4 Å². The fourth-order valence-electron chi connectivity index (χ4n) is 13.0. The van der Waals surface area contributed by atoms with Crippen molar-refractivity contribution >= 4 is 142 Å². The zero-order chi connectivity index (χ0) is 65.7. The third kappa shape index (κ3) is 8.34. The lowest BCUT2D eigenvalue weighted by molar-refractivity contribution is 0.103. The number of nitrogens with zero attached hydrogens (tertiary/aromatic N) is 13. The van der Waals surface area contributed by atoms with Crippen molar-refractivity contribution in [1.82, 2.24) is 15.0 Å². The summed E-state index contributed by atoms with van der Waals surface area (Å²) in [6, 6.07) is 28.0. The molecule has 0 saturated heterocycles. The predicted octanol–water partition coefficient (Wildman–Crippen LogP) is 18.9. The van der Waals surface area contributed by atoms with Crippen LogP contribution in [-0.2, 0) is 28.7 Å². The lowest BCUT2D eigenvalue weighted by Gasteiger charge is -2.19. The molecule has 0 N–H and O–H groups in total. The molecule has 15 rings (SSSR count). The summed E-state index contributed by atoms with van der Waals surface area (Å²) < 4.78 is 22.1. The van der Waals surface area contributed by atoms with Crippen LogP contribution in [0, 0.1) is 76.4 Å². The second-order valence-electron chi connectivity index (χ2n) is 23.0. The van der Waals surface area contributed by atoms with Gasteiger partial charge in [-0.05, 0) is 113 Å². The summed E-state index contributed by atoms with van der Waals surface area (Å²) in [6.45, 7) is 34.7. The molecule has 1 aliphatic heterocycles. The molecule has 0 bridgehead atoms. The Labute approximate surface area is 563 Å². The van der Waals surface area contributed by atoms with Crippen LogP contribution in [0.4, 0.5) is 17.1 Å². The molecule has 446 valence electrons. The van der Waals surface area contributed by atoms with Gasteiger partial charge >= 0.3 is 0 Å². The number of ketones is 2. The highest BCUT2D eigenvalue weighted by molar-refractivity contribution is 7.58. The van der Waals surface area contributed by atoms with Gasteiger partial charge in [0.15, 0.2) is 11.6 Å². The van der Waals surface area contributed by atoms with Crippen molar-refractivity contribution in [1.29, 1.82) is 26.3 Å². The van der Waals surface area contributed by atoms with E-state index in [1.165, 1.54) is 58.1 Å². The highest BCUT2D eigenvalue weighted by Gasteiger charge is 2.44. The van der Waals surface area contributed by atoms with Gasteiger partial charge in [0.2, 0.25) is 5.69 Å². The van der Waals surface area contributed by atoms with E-state index in [1.54, 1.807) is 76.5 Å². The molecule has 0 saturated carbocycles. The van der Waals surface area contributed by atoms with Crippen molar-refractivity contribution in [3.8, 4) is 102 Å². The summed E-state index contributed by atoms with van der Waals surface area (Å²) in [5, 5.41) is 59.9. The number of allylic oxidation sites excluding steroid dienone is 6. The average Bonchev–Trinajstić information content (AvgIpc) is 1.54. The van der Waals surface area contributed by atoms with Gasteiger partial charge in [0, 0.05) is 93.0 Å². The first-order chi connectivity index (χ1) is 45.4. The number of aromatic nitrogens is 3. The fraction of sp³-hybridized carbons (Fsp3) is 0.143. The zero-order valence-electron chi connectivity index (χ0n) is 49.9. The molecule has 8 heterocycles. The van der Waals surface area contributed by atoms with Crippen LogP contribution in [0.2, 0.25) is 0 Å². The number of ether oxygens (including phenoxy) is 2. The van der Waals surface area contributed by atoms with Crippen molar-refractivity contribution in [3.05, 3.63) is 188 Å². The van der Waals surface area contributed by atoms with E-state index >= 15 is 0 Å². The standard InChI is InChI=1S/C70H35N13O4S7/c1-11-83-79-57-55(49-20-40-63(90-49)65-42(69(40,2)3)22-51(92-65)67-47(86-9)17-32(88-67)15-38-53(45(27-74)77-7)34-12-29(24-71)30(25-72)13-36(34)61(38)84)59-60(82-94-81-59)56(58(57)80-83)50-21-41-64(91-50)66-43(70(41,4)5)23-52(93-66)68-48(87-10)18-33(89-68)16-39-54(46(28-75)78-8)35-19-44(76-6)31(26-73)14-37(35)62(39)85/h12-23H,11H2,1-5,9-10H3/b38-15-,39-16-,53-45-,54-46+. The molecule has 0 spiro atoms. The number of aryl methyl sites for hydroxylation is 1. The molecule has 10 aromatic rings. The Kier molecular flexibility index (Phi) is 13.5. The molecular formula is C70H35N13O4S7. The van der Waals surface area contributed by atoms with Gasteiger partial charge < -0.3 is 9.47 Å². The molecule has 0 amide bonds. The van der Waals surface area contributed by atoms with Crippen LogP contribution in [0.15, 0.2) is 91.9 Å². The van der Waals surface area contributed by atoms with E-state index in [-0.39, 0.29) is 78.3 Å². The second-order valence-corrected chi connectivity index (χ2v) is 29.9. The molecule has 0 radical (unpaired) electrons. The first kappa shape index (κ1) is 59.2. The molecule has 17 nitrogen and oxygen atoms in total. The third-order valence-corrected chi connectivity index (χ3v) is 25.5. The smallest absolute Gasteiger partial charge is 0.270 e. The number of rotatable bonds is 9. The molecule has 0 fully saturated rings. The molecule has 94 heavy (non-hydrogen) atoms. The van der Waals surface area contributed by atoms with E-state index in [9.17, 15) is 35.9 Å². The normalized spacial score (nSPS) is 16.3. The largest absolute Gasteiger partial charge is 0.495 e. The van der Waals surface area contributed by atoms with Crippen LogP contribution >= 0.6 is 68.0 Å². The summed E-state index contributed by atoms with van der Waals surface area (Å²) in [6.07, 6.45) is 3.30. The molecule has 4 aliphatic carbocycles. The van der Waals surface area contributed by atoms with Crippen LogP contribution in [0.5, 0.6) is 11.5 Å². The van der Waals surface area contributed by atoms with Gasteiger partial charge in [-0.3, -0.25) is 9.59 Å². The number of methoxy groups -OCH3 is 2. The van der Waals surface area contributed by atoms with Crippen LogP contribution < -0.4 is 9.47 Å². The lowest BCUT2D eigenvalue weighted by Crippen LogP contribution is -2.13. The Bertz CT molecular complexity index is 5520. The molecule has 3 aromatic carbocycles. The summed E-state index contributed by atoms with van der Waals surface area (Å²) in [7, 11) is 3.18. The van der Waals surface area contributed by atoms with E-state index in [1.807, 2.05) is 49.4 Å². The third-order valence-electron chi connectivity index (χ3n) is 17.5. The van der Waals surface area contributed by atoms with Gasteiger partial charge in [-0.2, -0.15) is 39.5 Å². The molecule has 0 atom stereocenters. The van der Waals surface area contributed by atoms with Crippen LogP contribution in [0.25, 0.3) is 109 Å². The van der Waals surface area contributed by atoms with Gasteiger partial charge in [0.05, 0.1) is 108 Å². The first-order valence-corrected chi connectivity index (χ1v) is 34.0. The minimum Gasteiger partial charge on any atom is -0.495 e. The summed E-state index contributed by atoms with van der Waals surface area (Å²) in [4.78, 5) is 51.7. The van der Waals surface area contributed by atoms with E-state index in [2.05, 4.69) is 66.5 Å². The molecule has 5 aliphatic rings.